The molecule has 35 heavy (non-hydrogen) atoms. The molecule has 0 aromatic heterocycles. The molecule has 0 bridgehead atoms. The Kier molecular flexibility index (Phi) is 11.9. The minimum absolute atomic E-state index is 0.0587. The van der Waals surface area contributed by atoms with Crippen molar-refractivity contribution < 1.29 is 19.2 Å². The molecule has 0 aliphatic carbocycles. The predicted octanol–water partition coefficient (Wildman–Crippen LogP) is 6.97. The molecule has 1 heterocycles. The summed E-state index contributed by atoms with van der Waals surface area (Å²) in [6.07, 6.45) is 10.1. The first kappa shape index (κ1) is 28.0. The first-order valence-corrected chi connectivity index (χ1v) is 13.9. The number of fused-ring (bicyclic) bond motifs is 1. The highest BCUT2D eigenvalue weighted by molar-refractivity contribution is 7.99. The topological polar surface area (TPSA) is 62.9 Å². The molecule has 194 valence electrons. The molecule has 1 aliphatic heterocycles. The molecule has 1 aliphatic rings. The minimum Gasteiger partial charge on any atom is -0.468 e. The molecule has 3 rings (SSSR count). The van der Waals surface area contributed by atoms with E-state index in [1.54, 1.807) is 14.2 Å². The smallest absolute Gasteiger partial charge is 0.188 e. The Labute approximate surface area is 216 Å². The molecule has 6 heteroatoms. The van der Waals surface area contributed by atoms with E-state index in [0.29, 0.717) is 12.5 Å². The molecule has 0 spiro atoms. The van der Waals surface area contributed by atoms with Gasteiger partial charge < -0.3 is 15.2 Å². The SMILES string of the molecule is COCOc1ccc(C2(C)CSc3cc(COOC)ccc3C2CCCCCCCCCN)cc1. The van der Waals surface area contributed by atoms with Gasteiger partial charge in [0.15, 0.2) is 6.79 Å². The second-order valence-electron chi connectivity index (χ2n) is 9.69. The molecule has 2 aromatic rings. The Morgan fingerprint density at radius 1 is 0.943 bits per heavy atom. The molecule has 0 fully saturated rings. The average molecular weight is 502 g/mol. The van der Waals surface area contributed by atoms with Crippen molar-refractivity contribution >= 4 is 11.8 Å². The van der Waals surface area contributed by atoms with E-state index in [1.165, 1.54) is 61.0 Å². The van der Waals surface area contributed by atoms with Crippen LogP contribution in [0.3, 0.4) is 0 Å². The molecule has 0 saturated carbocycles. The quantitative estimate of drug-likeness (QED) is 0.116. The molecule has 0 radical (unpaired) electrons. The number of nitrogens with two attached hydrogens (primary N) is 1. The third-order valence-corrected chi connectivity index (χ3v) is 8.56. The van der Waals surface area contributed by atoms with E-state index in [0.717, 1.165) is 30.0 Å². The first-order chi connectivity index (χ1) is 17.1. The van der Waals surface area contributed by atoms with Gasteiger partial charge in [0.25, 0.3) is 0 Å². The van der Waals surface area contributed by atoms with Gasteiger partial charge in [-0.2, -0.15) is 0 Å². The van der Waals surface area contributed by atoms with Crippen molar-refractivity contribution in [2.24, 2.45) is 5.73 Å². The Balaban J connectivity index is 1.74. The van der Waals surface area contributed by atoms with E-state index in [-0.39, 0.29) is 12.2 Å². The van der Waals surface area contributed by atoms with E-state index in [1.807, 2.05) is 11.8 Å². The third-order valence-electron chi connectivity index (χ3n) is 7.15. The van der Waals surface area contributed by atoms with E-state index in [9.17, 15) is 0 Å². The van der Waals surface area contributed by atoms with Crippen molar-refractivity contribution in [1.29, 1.82) is 0 Å². The van der Waals surface area contributed by atoms with Crippen LogP contribution in [0, 0.1) is 0 Å². The summed E-state index contributed by atoms with van der Waals surface area (Å²) in [6.45, 7) is 3.99. The highest BCUT2D eigenvalue weighted by atomic mass is 32.2. The summed E-state index contributed by atoms with van der Waals surface area (Å²) in [5.41, 5.74) is 9.67. The minimum atomic E-state index is 0.0587. The molecule has 5 nitrogen and oxygen atoms in total. The van der Waals surface area contributed by atoms with Crippen LogP contribution in [0.25, 0.3) is 0 Å². The van der Waals surface area contributed by atoms with E-state index >= 15 is 0 Å². The fraction of sp³-hybridized carbons (Fsp3) is 0.586. The van der Waals surface area contributed by atoms with Gasteiger partial charge in [-0.05, 0) is 60.2 Å². The molecule has 2 N–H and O–H groups in total. The Hall–Kier alpha value is -1.57. The summed E-state index contributed by atoms with van der Waals surface area (Å²) >= 11 is 1.96. The maximum absolute atomic E-state index is 5.63. The molecule has 2 unspecified atom stereocenters. The summed E-state index contributed by atoms with van der Waals surface area (Å²) < 4.78 is 10.7. The molecule has 0 amide bonds. The molecule has 0 saturated heterocycles. The Morgan fingerprint density at radius 2 is 1.66 bits per heavy atom. The van der Waals surface area contributed by atoms with Gasteiger partial charge in [0.05, 0.1) is 7.11 Å². The fourth-order valence-electron chi connectivity index (χ4n) is 5.07. The van der Waals surface area contributed by atoms with Crippen LogP contribution < -0.4 is 10.5 Å². The number of ether oxygens (including phenoxy) is 2. The van der Waals surface area contributed by atoms with Crippen molar-refractivity contribution in [3.8, 4) is 5.75 Å². The van der Waals surface area contributed by atoms with Gasteiger partial charge >= 0.3 is 0 Å². The first-order valence-electron chi connectivity index (χ1n) is 13.0. The highest BCUT2D eigenvalue weighted by Gasteiger charge is 2.41. The van der Waals surface area contributed by atoms with Crippen LogP contribution in [0.2, 0.25) is 0 Å². The molecule has 2 atom stereocenters. The summed E-state index contributed by atoms with van der Waals surface area (Å²) in [5, 5.41) is 0. The Morgan fingerprint density at radius 3 is 2.34 bits per heavy atom. The van der Waals surface area contributed by atoms with Gasteiger partial charge in [-0.15, -0.1) is 11.8 Å². The van der Waals surface area contributed by atoms with Crippen molar-refractivity contribution in [3.05, 3.63) is 59.2 Å². The molecular weight excluding hydrogens is 458 g/mol. The van der Waals surface area contributed by atoms with Crippen molar-refractivity contribution in [3.63, 3.8) is 0 Å². The van der Waals surface area contributed by atoms with Crippen LogP contribution in [0.5, 0.6) is 5.75 Å². The average Bonchev–Trinajstić information content (AvgIpc) is 2.89. The van der Waals surface area contributed by atoms with Crippen molar-refractivity contribution in [2.75, 3.05) is 33.3 Å². The zero-order valence-corrected chi connectivity index (χ0v) is 22.5. The van der Waals surface area contributed by atoms with E-state index < -0.39 is 0 Å². The number of thioether (sulfide) groups is 1. The molecular formula is C29H43NO4S. The zero-order chi connectivity index (χ0) is 24.9. The summed E-state index contributed by atoms with van der Waals surface area (Å²) in [4.78, 5) is 11.4. The van der Waals surface area contributed by atoms with Crippen molar-refractivity contribution in [2.45, 2.75) is 81.1 Å². The number of methoxy groups -OCH3 is 1. The highest BCUT2D eigenvalue weighted by Crippen LogP contribution is 2.52. The number of rotatable bonds is 16. The summed E-state index contributed by atoms with van der Waals surface area (Å²) in [7, 11) is 3.20. The Bertz CT molecular complexity index is 875. The van der Waals surface area contributed by atoms with Crippen LogP contribution in [0.4, 0.5) is 0 Å². The summed E-state index contributed by atoms with van der Waals surface area (Å²) in [6, 6.07) is 15.4. The fourth-order valence-corrected chi connectivity index (χ4v) is 6.51. The number of hydrogen-bond donors (Lipinski definition) is 1. The third kappa shape index (κ3) is 7.96. The monoisotopic (exact) mass is 501 g/mol. The predicted molar refractivity (Wildman–Crippen MR) is 144 cm³/mol. The normalized spacial score (nSPS) is 19.5. The van der Waals surface area contributed by atoms with Gasteiger partial charge in [0.2, 0.25) is 0 Å². The van der Waals surface area contributed by atoms with Crippen LogP contribution in [-0.2, 0) is 26.5 Å². The van der Waals surface area contributed by atoms with Gasteiger partial charge in [-0.25, -0.2) is 9.78 Å². The lowest BCUT2D eigenvalue weighted by atomic mass is 9.67. The van der Waals surface area contributed by atoms with E-state index in [2.05, 4.69) is 49.4 Å². The maximum atomic E-state index is 5.63. The number of benzene rings is 2. The maximum Gasteiger partial charge on any atom is 0.188 e. The van der Waals surface area contributed by atoms with Gasteiger partial charge in [-0.3, -0.25) is 0 Å². The number of unbranched alkanes of at least 4 members (excludes halogenated alkanes) is 6. The van der Waals surface area contributed by atoms with Crippen LogP contribution in [0.15, 0.2) is 47.4 Å². The van der Waals surface area contributed by atoms with Crippen LogP contribution >= 0.6 is 11.8 Å². The lowest BCUT2D eigenvalue weighted by molar-refractivity contribution is -0.282. The molecule has 2 aromatic carbocycles. The van der Waals surface area contributed by atoms with Gasteiger partial charge in [0.1, 0.15) is 12.4 Å². The van der Waals surface area contributed by atoms with Crippen LogP contribution in [0.1, 0.15) is 80.9 Å². The van der Waals surface area contributed by atoms with Gasteiger partial charge in [0, 0.05) is 23.2 Å². The van der Waals surface area contributed by atoms with Gasteiger partial charge in [-0.1, -0.05) is 69.7 Å². The standard InChI is InChI=1S/C29H43NO4S/c1-29(24-13-15-25(16-14-24)33-22-31-2)21-35-28-19-23(20-34-32-3)12-17-26(28)27(29)11-9-7-5-4-6-8-10-18-30/h12-17,19,27H,4-11,18,20-22,30H2,1-3H3. The second-order valence-corrected chi connectivity index (χ2v) is 10.7. The van der Waals surface area contributed by atoms with Crippen LogP contribution in [-0.4, -0.2) is 33.3 Å². The number of hydrogen-bond acceptors (Lipinski definition) is 6. The van der Waals surface area contributed by atoms with E-state index in [4.69, 9.17) is 25.0 Å². The lowest BCUT2D eigenvalue weighted by Gasteiger charge is -2.43. The lowest BCUT2D eigenvalue weighted by Crippen LogP contribution is -2.36. The van der Waals surface area contributed by atoms with Crippen molar-refractivity contribution in [1.82, 2.24) is 0 Å². The zero-order valence-electron chi connectivity index (χ0n) is 21.7. The summed E-state index contributed by atoms with van der Waals surface area (Å²) in [5.74, 6) is 2.37. The largest absolute Gasteiger partial charge is 0.468 e. The second kappa shape index (κ2) is 14.9.